The number of carbonyl (C=O) groups is 3. The van der Waals surface area contributed by atoms with Gasteiger partial charge in [0.05, 0.1) is 13.0 Å². The third-order valence-electron chi connectivity index (χ3n) is 12.0. The molecule has 1 amide bonds. The molecule has 1 rings (SSSR count). The van der Waals surface area contributed by atoms with Gasteiger partial charge in [0.2, 0.25) is 5.91 Å². The highest BCUT2D eigenvalue weighted by atomic mass is 31.2. The average molecular weight is 906 g/mol. The number of carbonyl (C=O) groups excluding carboxylic acids is 3. The Morgan fingerprint density at radius 1 is 0.581 bits per heavy atom. The van der Waals surface area contributed by atoms with Gasteiger partial charge in [0, 0.05) is 12.8 Å². The van der Waals surface area contributed by atoms with Crippen molar-refractivity contribution in [1.29, 1.82) is 0 Å². The number of aliphatic hydroxyl groups is 2. The van der Waals surface area contributed by atoms with E-state index in [1.807, 2.05) is 0 Å². The minimum absolute atomic E-state index is 0.115. The van der Waals surface area contributed by atoms with Gasteiger partial charge in [-0.15, -0.1) is 0 Å². The van der Waals surface area contributed by atoms with Crippen molar-refractivity contribution in [2.45, 2.75) is 282 Å². The molecule has 0 saturated carbocycles. The molecule has 0 bridgehead atoms. The number of esters is 2. The number of amides is 1. The Morgan fingerprint density at radius 3 is 1.40 bits per heavy atom. The Labute approximate surface area is 376 Å². The van der Waals surface area contributed by atoms with Gasteiger partial charge in [-0.3, -0.25) is 18.9 Å². The van der Waals surface area contributed by atoms with Crippen LogP contribution >= 0.6 is 7.82 Å². The highest BCUT2D eigenvalue weighted by Crippen LogP contribution is 2.42. The first-order valence-corrected chi connectivity index (χ1v) is 26.8. The number of aliphatic hydroxyl groups excluding tert-OH is 2. The zero-order valence-corrected chi connectivity index (χ0v) is 40.3. The van der Waals surface area contributed by atoms with Crippen LogP contribution in [0.15, 0.2) is 0 Å². The fraction of sp³-hybridized carbons (Fsp3) is 0.938. The number of ether oxygens (including phenoxy) is 3. The third kappa shape index (κ3) is 31.3. The molecule has 0 aliphatic carbocycles. The summed E-state index contributed by atoms with van der Waals surface area (Å²) in [5.74, 6) is -1.73. The van der Waals surface area contributed by atoms with Crippen molar-refractivity contribution in [2.75, 3.05) is 6.61 Å². The van der Waals surface area contributed by atoms with E-state index in [9.17, 15) is 38.9 Å². The summed E-state index contributed by atoms with van der Waals surface area (Å²) in [5, 5.41) is 23.7. The van der Waals surface area contributed by atoms with Crippen LogP contribution in [-0.2, 0) is 37.7 Å². The topological polar surface area (TPSA) is 198 Å². The summed E-state index contributed by atoms with van der Waals surface area (Å²) in [5.41, 5.74) is 0. The molecule has 1 aliphatic rings. The maximum absolute atomic E-state index is 13.7. The lowest BCUT2D eigenvalue weighted by molar-refractivity contribution is -0.256. The molecular weight excluding hydrogens is 813 g/mol. The molecule has 0 radical (unpaired) electrons. The van der Waals surface area contributed by atoms with Crippen molar-refractivity contribution in [3.8, 4) is 0 Å². The van der Waals surface area contributed by atoms with Crippen molar-refractivity contribution in [2.24, 2.45) is 0 Å². The monoisotopic (exact) mass is 906 g/mol. The van der Waals surface area contributed by atoms with E-state index < -0.39 is 69.0 Å². The number of phosphoric acid groups is 1. The summed E-state index contributed by atoms with van der Waals surface area (Å²) in [6.07, 6.45) is 27.7. The minimum atomic E-state index is -5.24. The summed E-state index contributed by atoms with van der Waals surface area (Å²) in [6, 6.07) is -1.46. The standard InChI is InChI=1S/C48H92NO12P/c1-4-7-10-13-16-19-21-24-27-30-33-36-42(51)49-45-47(46(61-62(55,56)57)41(39-50)59-48(45)54)60-44(53)38-40(35-32-29-26-23-18-15-12-9-6-3)58-43(52)37-34-31-28-25-22-20-17-14-11-8-5-2/h40-41,45-48,50,54H,4-39H2,1-3H3,(H,49,51)(H2,55,56,57)/t40-,41-,45+,46-,47-,48+/m1/s1. The number of unbranched alkanes of at least 4 members (excludes halogenated alkanes) is 28. The summed E-state index contributed by atoms with van der Waals surface area (Å²) in [4.78, 5) is 59.5. The number of rotatable bonds is 42. The molecule has 1 fully saturated rings. The van der Waals surface area contributed by atoms with E-state index in [2.05, 4.69) is 26.1 Å². The Hall–Kier alpha value is -1.60. The first-order valence-electron chi connectivity index (χ1n) is 25.3. The molecule has 6 atom stereocenters. The Kier molecular flexibility index (Phi) is 36.4. The van der Waals surface area contributed by atoms with Crippen LogP contribution in [0.2, 0.25) is 0 Å². The largest absolute Gasteiger partial charge is 0.470 e. The highest BCUT2D eigenvalue weighted by Gasteiger charge is 2.51. The highest BCUT2D eigenvalue weighted by molar-refractivity contribution is 7.46. The van der Waals surface area contributed by atoms with E-state index in [4.69, 9.17) is 18.7 Å². The van der Waals surface area contributed by atoms with Crippen LogP contribution in [0.25, 0.3) is 0 Å². The van der Waals surface area contributed by atoms with Crippen molar-refractivity contribution in [3.63, 3.8) is 0 Å². The van der Waals surface area contributed by atoms with Crippen LogP contribution in [0.4, 0.5) is 0 Å². The van der Waals surface area contributed by atoms with E-state index in [0.717, 1.165) is 70.6 Å². The summed E-state index contributed by atoms with van der Waals surface area (Å²) >= 11 is 0. The number of nitrogens with one attached hydrogen (secondary N) is 1. The lowest BCUT2D eigenvalue weighted by atomic mass is 9.96. The quantitative estimate of drug-likeness (QED) is 0.0221. The van der Waals surface area contributed by atoms with Crippen molar-refractivity contribution < 1.29 is 57.7 Å². The van der Waals surface area contributed by atoms with E-state index in [1.165, 1.54) is 116 Å². The smallest absolute Gasteiger partial charge is 0.462 e. The predicted molar refractivity (Wildman–Crippen MR) is 245 cm³/mol. The van der Waals surface area contributed by atoms with Gasteiger partial charge in [0.15, 0.2) is 12.4 Å². The normalized spacial score (nSPS) is 19.6. The molecule has 62 heavy (non-hydrogen) atoms. The van der Waals surface area contributed by atoms with Gasteiger partial charge in [0.25, 0.3) is 0 Å². The predicted octanol–water partition coefficient (Wildman–Crippen LogP) is 11.2. The van der Waals surface area contributed by atoms with Gasteiger partial charge in [-0.1, -0.05) is 201 Å². The molecule has 1 heterocycles. The first-order chi connectivity index (χ1) is 29.9. The van der Waals surface area contributed by atoms with Gasteiger partial charge in [-0.25, -0.2) is 4.57 Å². The number of hydrogen-bond acceptors (Lipinski definition) is 10. The molecule has 0 unspecified atom stereocenters. The summed E-state index contributed by atoms with van der Waals surface area (Å²) < 4.78 is 34.2. The number of phosphoric ester groups is 1. The van der Waals surface area contributed by atoms with Gasteiger partial charge in [-0.05, 0) is 25.7 Å². The van der Waals surface area contributed by atoms with Crippen LogP contribution in [0, 0.1) is 0 Å². The van der Waals surface area contributed by atoms with Crippen LogP contribution in [-0.4, -0.2) is 81.2 Å². The van der Waals surface area contributed by atoms with Crippen LogP contribution < -0.4 is 5.32 Å². The van der Waals surface area contributed by atoms with Crippen molar-refractivity contribution in [1.82, 2.24) is 5.32 Å². The van der Waals surface area contributed by atoms with Gasteiger partial charge in [-0.2, -0.15) is 0 Å². The van der Waals surface area contributed by atoms with Gasteiger partial charge in [0.1, 0.15) is 24.4 Å². The molecule has 366 valence electrons. The SMILES string of the molecule is CCCCCCCCCCCCCC(=O)N[C@H]1[C@@H](OC(=O)C[C@@H](CCCCCCCCCCC)OC(=O)CCCCCCCCCCCCC)[C@H](OP(=O)(O)O)[C@@H](CO)O[C@@H]1O. The maximum Gasteiger partial charge on any atom is 0.470 e. The number of hydrogen-bond donors (Lipinski definition) is 5. The van der Waals surface area contributed by atoms with Crippen LogP contribution in [0.5, 0.6) is 0 Å². The van der Waals surface area contributed by atoms with E-state index >= 15 is 0 Å². The Morgan fingerprint density at radius 2 is 0.984 bits per heavy atom. The second-order valence-electron chi connectivity index (χ2n) is 17.9. The van der Waals surface area contributed by atoms with Gasteiger partial charge >= 0.3 is 19.8 Å². The van der Waals surface area contributed by atoms with Crippen LogP contribution in [0.1, 0.15) is 245 Å². The first kappa shape index (κ1) is 58.4. The van der Waals surface area contributed by atoms with Crippen molar-refractivity contribution >= 4 is 25.7 Å². The minimum Gasteiger partial charge on any atom is -0.462 e. The van der Waals surface area contributed by atoms with E-state index in [1.54, 1.807) is 0 Å². The zero-order valence-electron chi connectivity index (χ0n) is 39.4. The molecule has 0 aromatic carbocycles. The Balaban J connectivity index is 2.89. The molecule has 0 aromatic rings. The summed E-state index contributed by atoms with van der Waals surface area (Å²) in [7, 11) is -5.24. The fourth-order valence-electron chi connectivity index (χ4n) is 8.30. The third-order valence-corrected chi connectivity index (χ3v) is 12.5. The molecule has 0 aromatic heterocycles. The summed E-state index contributed by atoms with van der Waals surface area (Å²) in [6.45, 7) is 5.80. The molecule has 0 spiro atoms. The second-order valence-corrected chi connectivity index (χ2v) is 19.1. The molecular formula is C48H92NO12P. The molecule has 5 N–H and O–H groups in total. The lowest BCUT2D eigenvalue weighted by Crippen LogP contribution is -2.65. The molecule has 13 nitrogen and oxygen atoms in total. The van der Waals surface area contributed by atoms with Crippen LogP contribution in [0.3, 0.4) is 0 Å². The van der Waals surface area contributed by atoms with Gasteiger partial charge < -0.3 is 39.5 Å². The van der Waals surface area contributed by atoms with Crippen molar-refractivity contribution in [3.05, 3.63) is 0 Å². The lowest BCUT2D eigenvalue weighted by Gasteiger charge is -2.43. The second kappa shape index (κ2) is 38.6. The van der Waals surface area contributed by atoms with E-state index in [0.29, 0.717) is 19.3 Å². The molecule has 14 heteroatoms. The zero-order chi connectivity index (χ0) is 45.7. The maximum atomic E-state index is 13.7. The molecule has 1 aliphatic heterocycles. The average Bonchev–Trinajstić information content (AvgIpc) is 3.22. The fourth-order valence-corrected chi connectivity index (χ4v) is 8.88. The van der Waals surface area contributed by atoms with E-state index in [-0.39, 0.29) is 19.3 Å². The molecule has 1 saturated heterocycles. The Bertz CT molecular complexity index is 1160.